The molecule has 1 aromatic heterocycles. The van der Waals surface area contributed by atoms with Gasteiger partial charge in [-0.3, -0.25) is 9.59 Å². The van der Waals surface area contributed by atoms with E-state index in [0.29, 0.717) is 23.0 Å². The number of para-hydroxylation sites is 1. The van der Waals surface area contributed by atoms with Gasteiger partial charge in [-0.05, 0) is 42.2 Å². The lowest BCUT2D eigenvalue weighted by atomic mass is 10.0. The predicted octanol–water partition coefficient (Wildman–Crippen LogP) is 4.91. The number of amides is 2. The van der Waals surface area contributed by atoms with Gasteiger partial charge in [0.15, 0.2) is 0 Å². The maximum Gasteiger partial charge on any atom is 0.242 e. The monoisotopic (exact) mass is 459 g/mol. The van der Waals surface area contributed by atoms with Gasteiger partial charge in [0.25, 0.3) is 0 Å². The van der Waals surface area contributed by atoms with E-state index in [2.05, 4.69) is 15.6 Å². The topological polar surface area (TPSA) is 74.0 Å². The molecule has 164 valence electrons. The number of nitrogens with one attached hydrogen (secondary N) is 3. The summed E-state index contributed by atoms with van der Waals surface area (Å²) >= 11 is 12.0. The van der Waals surface area contributed by atoms with Crippen LogP contribution in [0.25, 0.3) is 10.9 Å². The fourth-order valence-corrected chi connectivity index (χ4v) is 3.71. The Labute approximate surface area is 192 Å². The van der Waals surface area contributed by atoms with Gasteiger partial charge in [0.1, 0.15) is 6.04 Å². The Morgan fingerprint density at radius 3 is 2.55 bits per heavy atom. The third-order valence-electron chi connectivity index (χ3n) is 5.18. The first kappa shape index (κ1) is 23.2. The van der Waals surface area contributed by atoms with Crippen LogP contribution in [0.1, 0.15) is 31.4 Å². The molecule has 0 fully saturated rings. The molecule has 0 bridgehead atoms. The first-order chi connectivity index (χ1) is 14.8. The van der Waals surface area contributed by atoms with Crippen molar-refractivity contribution in [2.45, 2.75) is 39.2 Å². The number of rotatable bonds is 9. The van der Waals surface area contributed by atoms with Crippen LogP contribution < -0.4 is 10.6 Å². The molecule has 7 heteroatoms. The number of halogens is 2. The maximum absolute atomic E-state index is 12.9. The Kier molecular flexibility index (Phi) is 7.99. The molecule has 1 atom stereocenters. The normalized spacial score (nSPS) is 12.2. The molecule has 0 radical (unpaired) electrons. The molecule has 0 aliphatic carbocycles. The van der Waals surface area contributed by atoms with Crippen molar-refractivity contribution in [1.29, 1.82) is 0 Å². The number of carbonyl (C=O) groups excluding carboxylic acids is 2. The molecular weight excluding hydrogens is 433 g/mol. The van der Waals surface area contributed by atoms with Crippen molar-refractivity contribution in [3.8, 4) is 0 Å². The summed E-state index contributed by atoms with van der Waals surface area (Å²) in [5, 5.41) is 7.96. The summed E-state index contributed by atoms with van der Waals surface area (Å²) in [6, 6.07) is 12.8. The van der Waals surface area contributed by atoms with Crippen LogP contribution in [0.5, 0.6) is 0 Å². The smallest absolute Gasteiger partial charge is 0.242 e. The van der Waals surface area contributed by atoms with Gasteiger partial charge >= 0.3 is 0 Å². The number of aromatic nitrogens is 1. The van der Waals surface area contributed by atoms with Crippen molar-refractivity contribution in [2.75, 3.05) is 6.54 Å². The zero-order valence-corrected chi connectivity index (χ0v) is 19.2. The fraction of sp³-hybridized carbons (Fsp3) is 0.333. The van der Waals surface area contributed by atoms with E-state index in [-0.39, 0.29) is 17.7 Å². The number of hydrogen-bond acceptors (Lipinski definition) is 2. The van der Waals surface area contributed by atoms with E-state index in [1.165, 1.54) is 0 Å². The van der Waals surface area contributed by atoms with Crippen LogP contribution in [-0.2, 0) is 22.4 Å². The molecule has 3 N–H and O–H groups in total. The van der Waals surface area contributed by atoms with Crippen LogP contribution in [-0.4, -0.2) is 29.4 Å². The first-order valence-electron chi connectivity index (χ1n) is 10.4. The number of benzene rings is 2. The van der Waals surface area contributed by atoms with Crippen molar-refractivity contribution >= 4 is 45.9 Å². The molecule has 2 aromatic carbocycles. The molecular formula is C24H27Cl2N3O2. The minimum absolute atomic E-state index is 0.143. The first-order valence-corrected chi connectivity index (χ1v) is 11.2. The lowest BCUT2D eigenvalue weighted by Crippen LogP contribution is -2.49. The van der Waals surface area contributed by atoms with Crippen molar-refractivity contribution in [1.82, 2.24) is 15.6 Å². The van der Waals surface area contributed by atoms with Crippen molar-refractivity contribution in [2.24, 2.45) is 5.92 Å². The van der Waals surface area contributed by atoms with Gasteiger partial charge in [0, 0.05) is 36.0 Å². The number of hydrogen-bond donors (Lipinski definition) is 3. The average molecular weight is 460 g/mol. The molecule has 0 aliphatic rings. The Balaban J connectivity index is 1.61. The zero-order valence-electron chi connectivity index (χ0n) is 17.7. The van der Waals surface area contributed by atoms with Crippen LogP contribution in [0.15, 0.2) is 48.7 Å². The highest BCUT2D eigenvalue weighted by Gasteiger charge is 2.23. The van der Waals surface area contributed by atoms with Gasteiger partial charge in [0.2, 0.25) is 11.8 Å². The Hall–Kier alpha value is -2.50. The third-order valence-corrected chi connectivity index (χ3v) is 5.92. The molecule has 0 spiro atoms. The number of fused-ring (bicyclic) bond motifs is 1. The molecule has 0 aliphatic heterocycles. The summed E-state index contributed by atoms with van der Waals surface area (Å²) < 4.78 is 0. The summed E-state index contributed by atoms with van der Waals surface area (Å²) in [5.41, 5.74) is 3.07. The van der Waals surface area contributed by atoms with Crippen LogP contribution in [0.3, 0.4) is 0 Å². The highest BCUT2D eigenvalue weighted by atomic mass is 35.5. The van der Waals surface area contributed by atoms with E-state index in [4.69, 9.17) is 23.2 Å². The highest BCUT2D eigenvalue weighted by Crippen LogP contribution is 2.23. The van der Waals surface area contributed by atoms with Gasteiger partial charge in [-0.2, -0.15) is 0 Å². The summed E-state index contributed by atoms with van der Waals surface area (Å²) in [6.45, 7) is 4.13. The Morgan fingerprint density at radius 2 is 1.81 bits per heavy atom. The van der Waals surface area contributed by atoms with Gasteiger partial charge in [-0.25, -0.2) is 0 Å². The lowest BCUT2D eigenvalue weighted by Gasteiger charge is -2.19. The number of aromatic amines is 1. The van der Waals surface area contributed by atoms with Crippen LogP contribution in [0.4, 0.5) is 0 Å². The second-order valence-corrected chi connectivity index (χ2v) is 8.74. The Bertz CT molecular complexity index is 1060. The molecule has 5 nitrogen and oxygen atoms in total. The van der Waals surface area contributed by atoms with E-state index >= 15 is 0 Å². The molecule has 0 saturated heterocycles. The van der Waals surface area contributed by atoms with Gasteiger partial charge in [-0.1, -0.05) is 61.3 Å². The summed E-state index contributed by atoms with van der Waals surface area (Å²) in [7, 11) is 0. The minimum atomic E-state index is -0.640. The molecule has 0 saturated carbocycles. The second kappa shape index (κ2) is 10.7. The van der Waals surface area contributed by atoms with Gasteiger partial charge in [-0.15, -0.1) is 0 Å². The van der Waals surface area contributed by atoms with E-state index < -0.39 is 6.04 Å². The molecule has 3 rings (SSSR count). The molecule has 2 amide bonds. The van der Waals surface area contributed by atoms with Crippen molar-refractivity contribution < 1.29 is 9.59 Å². The van der Waals surface area contributed by atoms with E-state index in [9.17, 15) is 9.59 Å². The Morgan fingerprint density at radius 1 is 1.03 bits per heavy atom. The summed E-state index contributed by atoms with van der Waals surface area (Å²) in [6.07, 6.45) is 3.84. The van der Waals surface area contributed by atoms with E-state index in [0.717, 1.165) is 34.9 Å². The summed E-state index contributed by atoms with van der Waals surface area (Å²) in [5.74, 6) is -0.530. The quantitative estimate of drug-likeness (QED) is 0.397. The standard InChI is InChI=1S/C24H27Cl2N3O2/c1-15(2)23(30)29-22(13-17-14-28-21-8-4-3-7-18(17)21)24(31)27-11-5-6-16-9-10-19(25)20(26)12-16/h3-4,7-10,12,14-15,22,28H,5-6,11,13H2,1-2H3,(H,27,31)(H,29,30). The molecule has 1 unspecified atom stereocenters. The molecule has 1 heterocycles. The maximum atomic E-state index is 12.9. The lowest BCUT2D eigenvalue weighted by molar-refractivity contribution is -0.130. The molecule has 3 aromatic rings. The van der Waals surface area contributed by atoms with Gasteiger partial charge < -0.3 is 15.6 Å². The third kappa shape index (κ3) is 6.25. The van der Waals surface area contributed by atoms with Crippen LogP contribution in [0, 0.1) is 5.92 Å². The van der Waals surface area contributed by atoms with E-state index in [1.54, 1.807) is 6.07 Å². The second-order valence-electron chi connectivity index (χ2n) is 7.92. The van der Waals surface area contributed by atoms with E-state index in [1.807, 2.05) is 56.4 Å². The average Bonchev–Trinajstić information content (AvgIpc) is 3.15. The zero-order chi connectivity index (χ0) is 22.4. The molecule has 31 heavy (non-hydrogen) atoms. The van der Waals surface area contributed by atoms with Crippen LogP contribution >= 0.6 is 23.2 Å². The summed E-state index contributed by atoms with van der Waals surface area (Å²) in [4.78, 5) is 28.4. The van der Waals surface area contributed by atoms with Gasteiger partial charge in [0.05, 0.1) is 10.0 Å². The minimum Gasteiger partial charge on any atom is -0.361 e. The number of H-pyrrole nitrogens is 1. The SMILES string of the molecule is CC(C)C(=O)NC(Cc1c[nH]c2ccccc12)C(=O)NCCCc1ccc(Cl)c(Cl)c1. The van der Waals surface area contributed by atoms with Crippen molar-refractivity contribution in [3.63, 3.8) is 0 Å². The van der Waals surface area contributed by atoms with Crippen molar-refractivity contribution in [3.05, 3.63) is 69.8 Å². The number of carbonyl (C=O) groups is 2. The predicted molar refractivity (Wildman–Crippen MR) is 127 cm³/mol. The van der Waals surface area contributed by atoms with Crippen LogP contribution in [0.2, 0.25) is 10.0 Å². The largest absolute Gasteiger partial charge is 0.361 e. The fourth-order valence-electron chi connectivity index (χ4n) is 3.39. The number of aryl methyl sites for hydroxylation is 1. The highest BCUT2D eigenvalue weighted by molar-refractivity contribution is 6.42.